The van der Waals surface area contributed by atoms with Gasteiger partial charge in [-0.05, 0) is 43.9 Å². The first-order valence-electron chi connectivity index (χ1n) is 7.12. The highest BCUT2D eigenvalue weighted by Gasteiger charge is 2.50. The minimum atomic E-state index is -0.0710. The van der Waals surface area contributed by atoms with Gasteiger partial charge in [-0.3, -0.25) is 5.10 Å². The highest BCUT2D eigenvalue weighted by molar-refractivity contribution is 5.49. The molecule has 1 saturated carbocycles. The van der Waals surface area contributed by atoms with E-state index in [-0.39, 0.29) is 5.41 Å². The first kappa shape index (κ1) is 12.3. The first-order chi connectivity index (χ1) is 10.2. The number of nitrogens with one attached hydrogen (secondary N) is 1. The van der Waals surface area contributed by atoms with Crippen LogP contribution < -0.4 is 0 Å². The maximum Gasteiger partial charge on any atom is 0.278 e. The third-order valence-corrected chi connectivity index (χ3v) is 4.19. The fourth-order valence-corrected chi connectivity index (χ4v) is 2.90. The van der Waals surface area contributed by atoms with E-state index in [0.29, 0.717) is 11.6 Å². The molecule has 1 aromatic carbocycles. The Morgan fingerprint density at radius 2 is 2.00 bits per heavy atom. The summed E-state index contributed by atoms with van der Waals surface area (Å²) in [7, 11) is 0. The summed E-state index contributed by atoms with van der Waals surface area (Å²) in [5.41, 5.74) is 4.18. The van der Waals surface area contributed by atoms with Crippen molar-refractivity contribution in [1.82, 2.24) is 20.3 Å². The summed E-state index contributed by atoms with van der Waals surface area (Å²) in [5.74, 6) is 1.25. The second kappa shape index (κ2) is 4.28. The van der Waals surface area contributed by atoms with Gasteiger partial charge >= 0.3 is 0 Å². The zero-order valence-electron chi connectivity index (χ0n) is 12.1. The van der Waals surface area contributed by atoms with Gasteiger partial charge in [0.25, 0.3) is 5.89 Å². The SMILES string of the molecule is Cc1cc(-c2nc(C3(c4ccccc4C)CC3)no2)n[nH]1. The Bertz CT molecular complexity index is 798. The Kier molecular flexibility index (Phi) is 2.51. The molecule has 5 heteroatoms. The predicted octanol–water partition coefficient (Wildman–Crippen LogP) is 3.16. The zero-order valence-corrected chi connectivity index (χ0v) is 12.1. The van der Waals surface area contributed by atoms with Crippen molar-refractivity contribution in [3.63, 3.8) is 0 Å². The van der Waals surface area contributed by atoms with E-state index >= 15 is 0 Å². The van der Waals surface area contributed by atoms with Crippen molar-refractivity contribution < 1.29 is 4.52 Å². The Morgan fingerprint density at radius 3 is 2.67 bits per heavy atom. The van der Waals surface area contributed by atoms with Crippen LogP contribution in [0.15, 0.2) is 34.9 Å². The molecule has 0 saturated heterocycles. The van der Waals surface area contributed by atoms with Crippen LogP contribution in [-0.2, 0) is 5.41 Å². The maximum absolute atomic E-state index is 5.41. The van der Waals surface area contributed by atoms with E-state index in [9.17, 15) is 0 Å². The third-order valence-electron chi connectivity index (χ3n) is 4.19. The highest BCUT2D eigenvalue weighted by Crippen LogP contribution is 2.53. The molecule has 1 aliphatic carbocycles. The normalized spacial score (nSPS) is 16.1. The number of aryl methyl sites for hydroxylation is 2. The van der Waals surface area contributed by atoms with Gasteiger partial charge in [-0.1, -0.05) is 29.4 Å². The monoisotopic (exact) mass is 280 g/mol. The minimum absolute atomic E-state index is 0.0710. The van der Waals surface area contributed by atoms with Crippen molar-refractivity contribution in [3.05, 3.63) is 53.0 Å². The molecule has 0 amide bonds. The van der Waals surface area contributed by atoms with Gasteiger partial charge < -0.3 is 4.52 Å². The molecule has 2 aromatic heterocycles. The molecule has 1 fully saturated rings. The van der Waals surface area contributed by atoms with Crippen LogP contribution >= 0.6 is 0 Å². The first-order valence-corrected chi connectivity index (χ1v) is 7.12. The van der Waals surface area contributed by atoms with Crippen LogP contribution in [0.5, 0.6) is 0 Å². The third kappa shape index (κ3) is 1.88. The molecule has 0 atom stereocenters. The minimum Gasteiger partial charge on any atom is -0.332 e. The molecule has 4 rings (SSSR count). The van der Waals surface area contributed by atoms with Crippen molar-refractivity contribution in [2.45, 2.75) is 32.1 Å². The Labute approximate surface area is 122 Å². The van der Waals surface area contributed by atoms with Crippen LogP contribution in [-0.4, -0.2) is 20.3 Å². The van der Waals surface area contributed by atoms with Crippen molar-refractivity contribution in [2.75, 3.05) is 0 Å². The van der Waals surface area contributed by atoms with Gasteiger partial charge in [0, 0.05) is 5.69 Å². The maximum atomic E-state index is 5.41. The Balaban J connectivity index is 1.75. The van der Waals surface area contributed by atoms with Crippen LogP contribution in [0.1, 0.15) is 35.5 Å². The van der Waals surface area contributed by atoms with Crippen LogP contribution in [0.25, 0.3) is 11.6 Å². The van der Waals surface area contributed by atoms with E-state index in [1.54, 1.807) is 0 Å². The molecule has 3 aromatic rings. The van der Waals surface area contributed by atoms with Gasteiger partial charge in [0.1, 0.15) is 0 Å². The second-order valence-electron chi connectivity index (χ2n) is 5.76. The van der Waals surface area contributed by atoms with Crippen LogP contribution in [0.4, 0.5) is 0 Å². The topological polar surface area (TPSA) is 67.6 Å². The highest BCUT2D eigenvalue weighted by atomic mass is 16.5. The molecular formula is C16H16N4O. The molecular weight excluding hydrogens is 264 g/mol. The van der Waals surface area contributed by atoms with Gasteiger partial charge in [0.15, 0.2) is 11.5 Å². The number of hydrogen-bond donors (Lipinski definition) is 1. The molecule has 106 valence electrons. The predicted molar refractivity (Wildman–Crippen MR) is 77.8 cm³/mol. The van der Waals surface area contributed by atoms with Crippen LogP contribution in [0.3, 0.4) is 0 Å². The fraction of sp³-hybridized carbons (Fsp3) is 0.312. The fourth-order valence-electron chi connectivity index (χ4n) is 2.90. The summed E-state index contributed by atoms with van der Waals surface area (Å²) < 4.78 is 5.41. The van der Waals surface area contributed by atoms with E-state index in [2.05, 4.69) is 51.5 Å². The lowest BCUT2D eigenvalue weighted by Gasteiger charge is -2.13. The number of rotatable bonds is 3. The van der Waals surface area contributed by atoms with E-state index in [4.69, 9.17) is 4.52 Å². The van der Waals surface area contributed by atoms with E-state index in [1.807, 2.05) is 13.0 Å². The summed E-state index contributed by atoms with van der Waals surface area (Å²) in [4.78, 5) is 4.59. The summed E-state index contributed by atoms with van der Waals surface area (Å²) in [6, 6.07) is 10.3. The number of benzene rings is 1. The second-order valence-corrected chi connectivity index (χ2v) is 5.76. The summed E-state index contributed by atoms with van der Waals surface area (Å²) in [6.07, 6.45) is 2.13. The zero-order chi connectivity index (χ0) is 14.4. The molecule has 0 spiro atoms. The Morgan fingerprint density at radius 1 is 1.19 bits per heavy atom. The quantitative estimate of drug-likeness (QED) is 0.800. The van der Waals surface area contributed by atoms with E-state index in [1.165, 1.54) is 11.1 Å². The van der Waals surface area contributed by atoms with Crippen LogP contribution in [0, 0.1) is 13.8 Å². The lowest BCUT2D eigenvalue weighted by molar-refractivity contribution is 0.416. The Hall–Kier alpha value is -2.43. The van der Waals surface area contributed by atoms with Gasteiger partial charge in [0.05, 0.1) is 5.41 Å². The van der Waals surface area contributed by atoms with Gasteiger partial charge in [-0.2, -0.15) is 10.1 Å². The van der Waals surface area contributed by atoms with Crippen molar-refractivity contribution in [1.29, 1.82) is 0 Å². The largest absolute Gasteiger partial charge is 0.332 e. The molecule has 0 bridgehead atoms. The van der Waals surface area contributed by atoms with E-state index in [0.717, 1.165) is 24.4 Å². The lowest BCUT2D eigenvalue weighted by atomic mass is 9.91. The number of hydrogen-bond acceptors (Lipinski definition) is 4. The number of aromatic nitrogens is 4. The smallest absolute Gasteiger partial charge is 0.278 e. The summed E-state index contributed by atoms with van der Waals surface area (Å²) >= 11 is 0. The van der Waals surface area contributed by atoms with Crippen LogP contribution in [0.2, 0.25) is 0 Å². The van der Waals surface area contributed by atoms with Crippen molar-refractivity contribution in [3.8, 4) is 11.6 Å². The van der Waals surface area contributed by atoms with Crippen molar-refractivity contribution in [2.24, 2.45) is 0 Å². The molecule has 21 heavy (non-hydrogen) atoms. The van der Waals surface area contributed by atoms with E-state index < -0.39 is 0 Å². The average molecular weight is 280 g/mol. The van der Waals surface area contributed by atoms with Gasteiger partial charge in [0.2, 0.25) is 0 Å². The molecule has 0 unspecified atom stereocenters. The standard InChI is InChI=1S/C16H16N4O/c1-10-5-3-4-6-12(10)16(7-8-16)15-17-14(21-20-15)13-9-11(2)18-19-13/h3-6,9H,7-8H2,1-2H3,(H,18,19). The molecule has 1 aliphatic rings. The molecule has 1 N–H and O–H groups in total. The van der Waals surface area contributed by atoms with Gasteiger partial charge in [-0.25, -0.2) is 0 Å². The number of H-pyrrole nitrogens is 1. The van der Waals surface area contributed by atoms with Crippen molar-refractivity contribution >= 4 is 0 Å². The number of aromatic amines is 1. The van der Waals surface area contributed by atoms with Gasteiger partial charge in [-0.15, -0.1) is 0 Å². The summed E-state index contributed by atoms with van der Waals surface area (Å²) in [5, 5.41) is 11.3. The molecule has 0 radical (unpaired) electrons. The average Bonchev–Trinajstić information content (AvgIpc) is 2.93. The lowest BCUT2D eigenvalue weighted by Crippen LogP contribution is -2.12. The molecule has 2 heterocycles. The number of nitrogens with zero attached hydrogens (tertiary/aromatic N) is 3. The molecule has 5 nitrogen and oxygen atoms in total. The molecule has 0 aliphatic heterocycles. The summed E-state index contributed by atoms with van der Waals surface area (Å²) in [6.45, 7) is 4.08.